The monoisotopic (exact) mass is 356 g/mol. The predicted molar refractivity (Wildman–Crippen MR) is 104 cm³/mol. The van der Waals surface area contributed by atoms with E-state index < -0.39 is 5.41 Å². The molecule has 0 bridgehead atoms. The number of amides is 2. The third kappa shape index (κ3) is 4.46. The average Bonchev–Trinajstić information content (AvgIpc) is 3.48. The van der Waals surface area contributed by atoms with Crippen LogP contribution in [0.4, 0.5) is 0 Å². The van der Waals surface area contributed by atoms with E-state index in [1.165, 1.54) is 5.56 Å². The summed E-state index contributed by atoms with van der Waals surface area (Å²) in [6.45, 7) is 4.43. The summed E-state index contributed by atoms with van der Waals surface area (Å²) in [6.07, 6.45) is 7.85. The molecule has 0 spiro atoms. The Hall–Kier alpha value is -1.84. The maximum atomic E-state index is 12.9. The van der Waals surface area contributed by atoms with Crippen LogP contribution in [0.3, 0.4) is 0 Å². The Balaban J connectivity index is 1.46. The Morgan fingerprint density at radius 1 is 1.12 bits per heavy atom. The van der Waals surface area contributed by atoms with Gasteiger partial charge in [0.05, 0.1) is 0 Å². The van der Waals surface area contributed by atoms with Crippen LogP contribution in [0.15, 0.2) is 30.3 Å². The van der Waals surface area contributed by atoms with Gasteiger partial charge >= 0.3 is 0 Å². The SMILES string of the molecule is CCCCCNC(=O)C1(C(=O)N2CCC(Cc3ccccc3)CC2)CC1. The van der Waals surface area contributed by atoms with E-state index in [1.807, 2.05) is 11.0 Å². The number of unbranched alkanes of at least 4 members (excludes halogenated alkanes) is 2. The van der Waals surface area contributed by atoms with Crippen molar-refractivity contribution in [2.24, 2.45) is 11.3 Å². The van der Waals surface area contributed by atoms with E-state index in [-0.39, 0.29) is 11.8 Å². The van der Waals surface area contributed by atoms with Crippen LogP contribution in [0.2, 0.25) is 0 Å². The zero-order valence-corrected chi connectivity index (χ0v) is 16.0. The quantitative estimate of drug-likeness (QED) is 0.572. The van der Waals surface area contributed by atoms with Gasteiger partial charge < -0.3 is 10.2 Å². The molecule has 26 heavy (non-hydrogen) atoms. The van der Waals surface area contributed by atoms with Crippen molar-refractivity contribution in [1.82, 2.24) is 10.2 Å². The van der Waals surface area contributed by atoms with Gasteiger partial charge in [0, 0.05) is 19.6 Å². The summed E-state index contributed by atoms with van der Waals surface area (Å²) >= 11 is 0. The minimum atomic E-state index is -0.738. The fourth-order valence-electron chi connectivity index (χ4n) is 4.00. The van der Waals surface area contributed by atoms with E-state index in [1.54, 1.807) is 0 Å². The molecule has 4 heteroatoms. The van der Waals surface area contributed by atoms with Gasteiger partial charge in [-0.05, 0) is 50.0 Å². The highest BCUT2D eigenvalue weighted by atomic mass is 16.2. The van der Waals surface area contributed by atoms with Gasteiger partial charge in [0.1, 0.15) is 5.41 Å². The highest BCUT2D eigenvalue weighted by molar-refractivity contribution is 6.07. The van der Waals surface area contributed by atoms with Gasteiger partial charge in [0.25, 0.3) is 0 Å². The molecular formula is C22H32N2O2. The van der Waals surface area contributed by atoms with Crippen LogP contribution < -0.4 is 5.32 Å². The van der Waals surface area contributed by atoms with Crippen LogP contribution >= 0.6 is 0 Å². The van der Waals surface area contributed by atoms with E-state index in [4.69, 9.17) is 0 Å². The van der Waals surface area contributed by atoms with Gasteiger partial charge in [-0.25, -0.2) is 0 Å². The highest BCUT2D eigenvalue weighted by Gasteiger charge is 2.57. The second kappa shape index (κ2) is 8.70. The molecule has 1 saturated carbocycles. The molecule has 1 aliphatic heterocycles. The molecular weight excluding hydrogens is 324 g/mol. The molecule has 0 unspecified atom stereocenters. The first kappa shape index (κ1) is 18.9. The number of nitrogens with zero attached hydrogens (tertiary/aromatic N) is 1. The van der Waals surface area contributed by atoms with Gasteiger partial charge in [-0.2, -0.15) is 0 Å². The second-order valence-corrected chi connectivity index (χ2v) is 7.97. The van der Waals surface area contributed by atoms with E-state index in [9.17, 15) is 9.59 Å². The molecule has 2 aliphatic rings. The summed E-state index contributed by atoms with van der Waals surface area (Å²) in [7, 11) is 0. The molecule has 1 saturated heterocycles. The molecule has 3 rings (SSSR count). The minimum absolute atomic E-state index is 0.0370. The van der Waals surface area contributed by atoms with Crippen molar-refractivity contribution >= 4 is 11.8 Å². The molecule has 1 aromatic carbocycles. The molecule has 2 amide bonds. The number of hydrogen-bond donors (Lipinski definition) is 1. The fourth-order valence-corrected chi connectivity index (χ4v) is 4.00. The summed E-state index contributed by atoms with van der Waals surface area (Å²) in [6, 6.07) is 10.6. The van der Waals surface area contributed by atoms with Gasteiger partial charge in [0.15, 0.2) is 0 Å². The zero-order chi connectivity index (χ0) is 18.4. The average molecular weight is 357 g/mol. The number of benzene rings is 1. The lowest BCUT2D eigenvalue weighted by Gasteiger charge is -2.34. The Bertz CT molecular complexity index is 602. The number of likely N-dealkylation sites (tertiary alicyclic amines) is 1. The molecule has 142 valence electrons. The number of hydrogen-bond acceptors (Lipinski definition) is 2. The summed E-state index contributed by atoms with van der Waals surface area (Å²) in [5.41, 5.74) is 0.640. The molecule has 1 aromatic rings. The van der Waals surface area contributed by atoms with Crippen LogP contribution in [0.1, 0.15) is 57.4 Å². The van der Waals surface area contributed by atoms with Crippen molar-refractivity contribution < 1.29 is 9.59 Å². The molecule has 2 fully saturated rings. The third-order valence-corrected chi connectivity index (χ3v) is 5.93. The lowest BCUT2D eigenvalue weighted by Crippen LogP contribution is -2.48. The van der Waals surface area contributed by atoms with Crippen LogP contribution in [-0.2, 0) is 16.0 Å². The third-order valence-electron chi connectivity index (χ3n) is 5.93. The molecule has 4 nitrogen and oxygen atoms in total. The molecule has 1 N–H and O–H groups in total. The standard InChI is InChI=1S/C22H32N2O2/c1-2-3-7-14-23-20(25)22(12-13-22)21(26)24-15-10-19(11-16-24)17-18-8-5-4-6-9-18/h4-6,8-9,19H,2-3,7,10-17H2,1H3,(H,23,25). The zero-order valence-electron chi connectivity index (χ0n) is 16.0. The van der Waals surface area contributed by atoms with Crippen LogP contribution in [0, 0.1) is 11.3 Å². The van der Waals surface area contributed by atoms with Gasteiger partial charge in [-0.15, -0.1) is 0 Å². The van der Waals surface area contributed by atoms with Gasteiger partial charge in [-0.1, -0.05) is 50.1 Å². The molecule has 0 radical (unpaired) electrons. The largest absolute Gasteiger partial charge is 0.355 e. The smallest absolute Gasteiger partial charge is 0.238 e. The van der Waals surface area contributed by atoms with Crippen molar-refractivity contribution in [3.05, 3.63) is 35.9 Å². The lowest BCUT2D eigenvalue weighted by molar-refractivity contribution is -0.145. The second-order valence-electron chi connectivity index (χ2n) is 7.97. The normalized spacial score (nSPS) is 19.2. The van der Waals surface area contributed by atoms with Crippen molar-refractivity contribution in [3.63, 3.8) is 0 Å². The maximum Gasteiger partial charge on any atom is 0.238 e. The number of piperidine rings is 1. The van der Waals surface area contributed by atoms with Gasteiger partial charge in [0.2, 0.25) is 11.8 Å². The summed E-state index contributed by atoms with van der Waals surface area (Å²) in [4.78, 5) is 27.4. The van der Waals surface area contributed by atoms with Crippen molar-refractivity contribution in [1.29, 1.82) is 0 Å². The van der Waals surface area contributed by atoms with Crippen molar-refractivity contribution in [3.8, 4) is 0 Å². The number of rotatable bonds is 8. The van der Waals surface area contributed by atoms with Crippen molar-refractivity contribution in [2.75, 3.05) is 19.6 Å². The highest BCUT2D eigenvalue weighted by Crippen LogP contribution is 2.48. The number of nitrogens with one attached hydrogen (secondary N) is 1. The Morgan fingerprint density at radius 3 is 2.42 bits per heavy atom. The molecule has 0 atom stereocenters. The summed E-state index contributed by atoms with van der Waals surface area (Å²) < 4.78 is 0. The van der Waals surface area contributed by atoms with Crippen molar-refractivity contribution in [2.45, 2.75) is 58.3 Å². The van der Waals surface area contributed by atoms with E-state index in [0.29, 0.717) is 12.5 Å². The van der Waals surface area contributed by atoms with E-state index in [0.717, 1.165) is 64.5 Å². The van der Waals surface area contributed by atoms with E-state index in [2.05, 4.69) is 36.5 Å². The first-order valence-electron chi connectivity index (χ1n) is 10.3. The summed E-state index contributed by atoms with van der Waals surface area (Å²) in [5.74, 6) is 0.674. The minimum Gasteiger partial charge on any atom is -0.355 e. The molecule has 0 aromatic heterocycles. The Kier molecular flexibility index (Phi) is 6.33. The fraction of sp³-hybridized carbons (Fsp3) is 0.636. The van der Waals surface area contributed by atoms with Crippen LogP contribution in [-0.4, -0.2) is 36.3 Å². The molecule has 1 aliphatic carbocycles. The predicted octanol–water partition coefficient (Wildman–Crippen LogP) is 3.55. The molecule has 1 heterocycles. The topological polar surface area (TPSA) is 49.4 Å². The first-order valence-corrected chi connectivity index (χ1v) is 10.3. The lowest BCUT2D eigenvalue weighted by atomic mass is 9.89. The first-order chi connectivity index (χ1) is 12.7. The summed E-state index contributed by atoms with van der Waals surface area (Å²) in [5, 5.41) is 3.00. The van der Waals surface area contributed by atoms with Crippen LogP contribution in [0.25, 0.3) is 0 Å². The Morgan fingerprint density at radius 2 is 1.81 bits per heavy atom. The number of carbonyl (C=O) groups is 2. The van der Waals surface area contributed by atoms with E-state index >= 15 is 0 Å². The Labute approximate surface area is 157 Å². The van der Waals surface area contributed by atoms with Gasteiger partial charge in [-0.3, -0.25) is 9.59 Å². The number of carbonyl (C=O) groups excluding carboxylic acids is 2. The maximum absolute atomic E-state index is 12.9. The van der Waals surface area contributed by atoms with Crippen LogP contribution in [0.5, 0.6) is 0 Å².